The molecular formula is C14H23ClN+. The van der Waals surface area contributed by atoms with Crippen LogP contribution in [0.25, 0.3) is 0 Å². The fraction of sp³-hybridized carbons (Fsp3) is 0.571. The first-order chi connectivity index (χ1) is 7.39. The van der Waals surface area contributed by atoms with Gasteiger partial charge in [0.1, 0.15) is 0 Å². The van der Waals surface area contributed by atoms with E-state index in [-0.39, 0.29) is 0 Å². The van der Waals surface area contributed by atoms with Gasteiger partial charge in [-0.15, -0.1) is 0 Å². The van der Waals surface area contributed by atoms with Crippen LogP contribution in [-0.4, -0.2) is 31.7 Å². The van der Waals surface area contributed by atoms with Gasteiger partial charge in [-0.25, -0.2) is 0 Å². The summed E-state index contributed by atoms with van der Waals surface area (Å²) >= 11 is 5.85. The SMILES string of the molecule is CC(CCCc1ccc(Cl)cc1)[N+](C)(C)C. The summed E-state index contributed by atoms with van der Waals surface area (Å²) in [4.78, 5) is 0. The summed E-state index contributed by atoms with van der Waals surface area (Å²) in [6, 6.07) is 8.91. The average molecular weight is 241 g/mol. The van der Waals surface area contributed by atoms with Gasteiger partial charge in [0.25, 0.3) is 0 Å². The molecule has 0 saturated carbocycles. The molecule has 90 valence electrons. The number of hydrogen-bond donors (Lipinski definition) is 0. The third-order valence-electron chi connectivity index (χ3n) is 3.32. The fourth-order valence-electron chi connectivity index (χ4n) is 1.64. The Morgan fingerprint density at radius 2 is 1.69 bits per heavy atom. The van der Waals surface area contributed by atoms with Crippen LogP contribution in [0, 0.1) is 0 Å². The maximum Gasteiger partial charge on any atom is 0.0855 e. The molecule has 1 unspecified atom stereocenters. The highest BCUT2D eigenvalue weighted by Crippen LogP contribution is 2.14. The van der Waals surface area contributed by atoms with Crippen LogP contribution in [0.5, 0.6) is 0 Å². The van der Waals surface area contributed by atoms with Crippen LogP contribution in [0.3, 0.4) is 0 Å². The molecule has 0 radical (unpaired) electrons. The summed E-state index contributed by atoms with van der Waals surface area (Å²) in [5.74, 6) is 0. The van der Waals surface area contributed by atoms with Crippen molar-refractivity contribution in [2.24, 2.45) is 0 Å². The van der Waals surface area contributed by atoms with E-state index in [9.17, 15) is 0 Å². The molecule has 2 heteroatoms. The lowest BCUT2D eigenvalue weighted by Gasteiger charge is -2.31. The van der Waals surface area contributed by atoms with Crippen molar-refractivity contribution in [1.82, 2.24) is 0 Å². The second-order valence-corrected chi connectivity index (χ2v) is 5.92. The van der Waals surface area contributed by atoms with Crippen molar-refractivity contribution in [2.45, 2.75) is 32.2 Å². The molecule has 1 rings (SSSR count). The van der Waals surface area contributed by atoms with Gasteiger partial charge >= 0.3 is 0 Å². The molecule has 0 heterocycles. The molecule has 1 aromatic carbocycles. The van der Waals surface area contributed by atoms with Crippen LogP contribution in [0.1, 0.15) is 25.3 Å². The van der Waals surface area contributed by atoms with E-state index in [1.807, 2.05) is 12.1 Å². The van der Waals surface area contributed by atoms with E-state index in [4.69, 9.17) is 11.6 Å². The summed E-state index contributed by atoms with van der Waals surface area (Å²) in [5.41, 5.74) is 1.39. The van der Waals surface area contributed by atoms with Crippen molar-refractivity contribution < 1.29 is 4.48 Å². The predicted octanol–water partition coefficient (Wildman–Crippen LogP) is 3.76. The van der Waals surface area contributed by atoms with E-state index >= 15 is 0 Å². The van der Waals surface area contributed by atoms with E-state index in [2.05, 4.69) is 40.2 Å². The molecule has 0 saturated heterocycles. The van der Waals surface area contributed by atoms with Gasteiger partial charge in [0.15, 0.2) is 0 Å². The Balaban J connectivity index is 2.33. The normalized spacial score (nSPS) is 13.8. The highest BCUT2D eigenvalue weighted by Gasteiger charge is 2.17. The van der Waals surface area contributed by atoms with E-state index in [1.165, 1.54) is 18.4 Å². The Morgan fingerprint density at radius 3 is 2.19 bits per heavy atom. The minimum Gasteiger partial charge on any atom is -0.329 e. The lowest BCUT2D eigenvalue weighted by Crippen LogP contribution is -2.43. The molecular weight excluding hydrogens is 218 g/mol. The Kier molecular flexibility index (Phi) is 4.82. The molecule has 0 aromatic heterocycles. The maximum absolute atomic E-state index is 5.85. The Morgan fingerprint density at radius 1 is 1.12 bits per heavy atom. The zero-order valence-corrected chi connectivity index (χ0v) is 11.6. The van der Waals surface area contributed by atoms with Crippen molar-refractivity contribution in [1.29, 1.82) is 0 Å². The number of nitrogens with zero attached hydrogens (tertiary/aromatic N) is 1. The van der Waals surface area contributed by atoms with Gasteiger partial charge in [0, 0.05) is 5.02 Å². The van der Waals surface area contributed by atoms with Gasteiger partial charge in [-0.1, -0.05) is 23.7 Å². The highest BCUT2D eigenvalue weighted by molar-refractivity contribution is 6.30. The van der Waals surface area contributed by atoms with Crippen LogP contribution in [0.4, 0.5) is 0 Å². The Labute approximate surface area is 105 Å². The van der Waals surface area contributed by atoms with Crippen LogP contribution < -0.4 is 0 Å². The van der Waals surface area contributed by atoms with Gasteiger partial charge in [-0.3, -0.25) is 0 Å². The Bertz CT molecular complexity index is 311. The third-order valence-corrected chi connectivity index (χ3v) is 3.57. The fourth-order valence-corrected chi connectivity index (χ4v) is 1.77. The molecule has 0 amide bonds. The van der Waals surface area contributed by atoms with Gasteiger partial charge in [-0.2, -0.15) is 0 Å². The molecule has 16 heavy (non-hydrogen) atoms. The molecule has 0 bridgehead atoms. The zero-order valence-electron chi connectivity index (χ0n) is 10.8. The number of quaternary nitrogens is 1. The number of aryl methyl sites for hydroxylation is 1. The molecule has 0 spiro atoms. The molecule has 0 fully saturated rings. The number of rotatable bonds is 5. The van der Waals surface area contributed by atoms with Gasteiger partial charge in [0.05, 0.1) is 27.2 Å². The number of halogens is 1. The van der Waals surface area contributed by atoms with E-state index in [0.717, 1.165) is 15.9 Å². The molecule has 0 aliphatic heterocycles. The molecule has 0 N–H and O–H groups in total. The van der Waals surface area contributed by atoms with Crippen molar-refractivity contribution in [2.75, 3.05) is 21.1 Å². The number of hydrogen-bond acceptors (Lipinski definition) is 0. The predicted molar refractivity (Wildman–Crippen MR) is 71.9 cm³/mol. The highest BCUT2D eigenvalue weighted by atomic mass is 35.5. The van der Waals surface area contributed by atoms with Gasteiger partial charge < -0.3 is 4.48 Å². The molecule has 0 aliphatic rings. The second-order valence-electron chi connectivity index (χ2n) is 5.48. The Hall–Kier alpha value is -0.530. The lowest BCUT2D eigenvalue weighted by molar-refractivity contribution is -0.894. The van der Waals surface area contributed by atoms with Crippen molar-refractivity contribution >= 4 is 11.6 Å². The minimum absolute atomic E-state index is 0.715. The largest absolute Gasteiger partial charge is 0.329 e. The van der Waals surface area contributed by atoms with Crippen LogP contribution in [0.2, 0.25) is 5.02 Å². The van der Waals surface area contributed by atoms with Gasteiger partial charge in [-0.05, 0) is 43.9 Å². The topological polar surface area (TPSA) is 0 Å². The first-order valence-electron chi connectivity index (χ1n) is 5.95. The van der Waals surface area contributed by atoms with Crippen molar-refractivity contribution in [3.63, 3.8) is 0 Å². The van der Waals surface area contributed by atoms with E-state index in [0.29, 0.717) is 6.04 Å². The third kappa shape index (κ3) is 4.54. The summed E-state index contributed by atoms with van der Waals surface area (Å²) in [6.45, 7) is 2.32. The second kappa shape index (κ2) is 5.70. The monoisotopic (exact) mass is 240 g/mol. The van der Waals surface area contributed by atoms with Gasteiger partial charge in [0.2, 0.25) is 0 Å². The molecule has 1 aromatic rings. The maximum atomic E-state index is 5.85. The van der Waals surface area contributed by atoms with Crippen LogP contribution in [-0.2, 0) is 6.42 Å². The zero-order chi connectivity index (χ0) is 12.2. The van der Waals surface area contributed by atoms with Crippen LogP contribution in [0.15, 0.2) is 24.3 Å². The average Bonchev–Trinajstić information content (AvgIpc) is 2.19. The molecule has 0 aliphatic carbocycles. The smallest absolute Gasteiger partial charge is 0.0855 e. The van der Waals surface area contributed by atoms with E-state index < -0.39 is 0 Å². The van der Waals surface area contributed by atoms with E-state index in [1.54, 1.807) is 0 Å². The minimum atomic E-state index is 0.715. The lowest BCUT2D eigenvalue weighted by atomic mass is 10.0. The first-order valence-corrected chi connectivity index (χ1v) is 6.33. The summed E-state index contributed by atoms with van der Waals surface area (Å²) in [5, 5.41) is 0.823. The molecule has 1 nitrogen and oxygen atoms in total. The quantitative estimate of drug-likeness (QED) is 0.688. The standard InChI is InChI=1S/C14H23ClN/c1-12(16(2,3)4)6-5-7-13-8-10-14(15)11-9-13/h8-12H,5-7H2,1-4H3/q+1. The van der Waals surface area contributed by atoms with Crippen molar-refractivity contribution in [3.05, 3.63) is 34.9 Å². The summed E-state index contributed by atoms with van der Waals surface area (Å²) in [7, 11) is 6.77. The summed E-state index contributed by atoms with van der Waals surface area (Å²) in [6.07, 6.45) is 3.67. The number of benzene rings is 1. The van der Waals surface area contributed by atoms with Crippen molar-refractivity contribution in [3.8, 4) is 0 Å². The first kappa shape index (κ1) is 13.5. The summed E-state index contributed by atoms with van der Waals surface area (Å²) < 4.78 is 1.04. The van der Waals surface area contributed by atoms with Crippen LogP contribution >= 0.6 is 11.6 Å². The molecule has 1 atom stereocenters.